The van der Waals surface area contributed by atoms with E-state index in [4.69, 9.17) is 0 Å². The van der Waals surface area contributed by atoms with E-state index in [0.717, 1.165) is 27.9 Å². The van der Waals surface area contributed by atoms with Crippen molar-refractivity contribution in [1.82, 2.24) is 20.7 Å². The minimum absolute atomic E-state index is 0.0824. The summed E-state index contributed by atoms with van der Waals surface area (Å²) in [6, 6.07) is 9.74. The molecule has 0 spiro atoms. The lowest BCUT2D eigenvalue weighted by atomic mass is 10.2. The molecule has 2 aromatic carbocycles. The lowest BCUT2D eigenvalue weighted by molar-refractivity contribution is 0.0933. The van der Waals surface area contributed by atoms with Crippen LogP contribution in [0.5, 0.6) is 0 Å². The lowest BCUT2D eigenvalue weighted by Gasteiger charge is -2.18. The van der Waals surface area contributed by atoms with Crippen LogP contribution in [0.15, 0.2) is 48.7 Å². The van der Waals surface area contributed by atoms with Crippen LogP contribution in [0.1, 0.15) is 15.9 Å². The number of carbonyl (C=O) groups is 2. The normalized spacial score (nSPS) is 10.6. The Morgan fingerprint density at radius 3 is 2.65 bits per heavy atom. The fraction of sp³-hybridized carbons (Fsp3) is 0.111. The predicted octanol–water partition coefficient (Wildman–Crippen LogP) is 2.93. The highest BCUT2D eigenvalue weighted by atomic mass is 19.1. The van der Waals surface area contributed by atoms with Crippen LogP contribution in [-0.4, -0.2) is 28.9 Å². The highest BCUT2D eigenvalue weighted by Gasteiger charge is 2.15. The van der Waals surface area contributed by atoms with Crippen molar-refractivity contribution >= 4 is 22.8 Å². The summed E-state index contributed by atoms with van der Waals surface area (Å²) >= 11 is 0. The van der Waals surface area contributed by atoms with Crippen LogP contribution in [0.4, 0.5) is 13.6 Å². The van der Waals surface area contributed by atoms with Gasteiger partial charge in [0.2, 0.25) is 0 Å². The zero-order chi connectivity index (χ0) is 18.7. The third kappa shape index (κ3) is 3.64. The number of urea groups is 1. The van der Waals surface area contributed by atoms with E-state index in [2.05, 4.69) is 15.8 Å². The average Bonchev–Trinajstić information content (AvgIpc) is 3.06. The Labute approximate surface area is 147 Å². The molecular formula is C18H16F2N4O2. The summed E-state index contributed by atoms with van der Waals surface area (Å²) in [6.45, 7) is -0.0824. The van der Waals surface area contributed by atoms with Crippen molar-refractivity contribution < 1.29 is 18.4 Å². The largest absolute Gasteiger partial charge is 0.360 e. The molecule has 0 fully saturated rings. The molecule has 3 rings (SSSR count). The van der Waals surface area contributed by atoms with Crippen molar-refractivity contribution in [3.8, 4) is 0 Å². The molecule has 0 saturated carbocycles. The summed E-state index contributed by atoms with van der Waals surface area (Å²) in [5.41, 5.74) is 5.92. The van der Waals surface area contributed by atoms with Crippen molar-refractivity contribution in [2.45, 2.75) is 6.54 Å². The van der Waals surface area contributed by atoms with Crippen LogP contribution in [0, 0.1) is 11.6 Å². The number of aromatic amines is 1. The second-order valence-electron chi connectivity index (χ2n) is 5.72. The molecule has 0 atom stereocenters. The number of hydrazine groups is 1. The Balaban J connectivity index is 1.60. The Morgan fingerprint density at radius 1 is 1.12 bits per heavy atom. The lowest BCUT2D eigenvalue weighted by Crippen LogP contribution is -2.47. The SMILES string of the molecule is CN(Cc1ccc(F)cc1F)C(=O)NNC(=O)c1c[nH]c2ccccc12. The zero-order valence-corrected chi connectivity index (χ0v) is 13.8. The summed E-state index contributed by atoms with van der Waals surface area (Å²) in [7, 11) is 1.43. The number of rotatable bonds is 3. The molecular weight excluding hydrogens is 342 g/mol. The van der Waals surface area contributed by atoms with Gasteiger partial charge in [0.15, 0.2) is 0 Å². The van der Waals surface area contributed by atoms with Gasteiger partial charge in [0.05, 0.1) is 12.1 Å². The summed E-state index contributed by atoms with van der Waals surface area (Å²) in [6.07, 6.45) is 1.55. The van der Waals surface area contributed by atoms with Gasteiger partial charge in [0.25, 0.3) is 5.91 Å². The van der Waals surface area contributed by atoms with E-state index >= 15 is 0 Å². The van der Waals surface area contributed by atoms with Crippen LogP contribution in [0.2, 0.25) is 0 Å². The van der Waals surface area contributed by atoms with E-state index in [9.17, 15) is 18.4 Å². The Bertz CT molecular complexity index is 971. The van der Waals surface area contributed by atoms with E-state index in [-0.39, 0.29) is 12.1 Å². The zero-order valence-electron chi connectivity index (χ0n) is 13.8. The Hall–Kier alpha value is -3.42. The third-order valence-electron chi connectivity index (χ3n) is 3.89. The molecule has 0 radical (unpaired) electrons. The maximum absolute atomic E-state index is 13.7. The highest BCUT2D eigenvalue weighted by molar-refractivity contribution is 6.07. The molecule has 1 heterocycles. The molecule has 3 N–H and O–H groups in total. The molecule has 1 aromatic heterocycles. The van der Waals surface area contributed by atoms with Crippen molar-refractivity contribution in [2.75, 3.05) is 7.05 Å². The summed E-state index contributed by atoms with van der Waals surface area (Å²) in [5, 5.41) is 0.723. The number of hydrogen-bond donors (Lipinski definition) is 3. The molecule has 0 unspecified atom stereocenters. The third-order valence-corrected chi connectivity index (χ3v) is 3.89. The van der Waals surface area contributed by atoms with Crippen molar-refractivity contribution in [1.29, 1.82) is 0 Å². The van der Waals surface area contributed by atoms with E-state index in [1.807, 2.05) is 12.1 Å². The van der Waals surface area contributed by atoms with E-state index in [1.165, 1.54) is 13.1 Å². The maximum atomic E-state index is 13.7. The molecule has 0 saturated heterocycles. The quantitative estimate of drug-likeness (QED) is 0.630. The molecule has 0 aliphatic heterocycles. The van der Waals surface area contributed by atoms with Crippen LogP contribution < -0.4 is 10.9 Å². The van der Waals surface area contributed by atoms with Gasteiger partial charge in [-0.2, -0.15) is 0 Å². The number of halogens is 2. The molecule has 8 heteroatoms. The van der Waals surface area contributed by atoms with Gasteiger partial charge in [-0.25, -0.2) is 19.0 Å². The number of hydrogen-bond acceptors (Lipinski definition) is 2. The highest BCUT2D eigenvalue weighted by Crippen LogP contribution is 2.17. The predicted molar refractivity (Wildman–Crippen MR) is 92.1 cm³/mol. The molecule has 0 aliphatic rings. The summed E-state index contributed by atoms with van der Waals surface area (Å²) in [5.74, 6) is -1.92. The van der Waals surface area contributed by atoms with Crippen LogP contribution >= 0.6 is 0 Å². The van der Waals surface area contributed by atoms with Crippen molar-refractivity contribution in [2.24, 2.45) is 0 Å². The molecule has 0 aliphatic carbocycles. The second-order valence-corrected chi connectivity index (χ2v) is 5.72. The van der Waals surface area contributed by atoms with E-state index < -0.39 is 23.6 Å². The number of benzene rings is 2. The number of carbonyl (C=O) groups excluding carboxylic acids is 2. The Morgan fingerprint density at radius 2 is 1.88 bits per heavy atom. The minimum atomic E-state index is -0.743. The van der Waals surface area contributed by atoms with Crippen LogP contribution in [0.25, 0.3) is 10.9 Å². The van der Waals surface area contributed by atoms with Gasteiger partial charge in [-0.05, 0) is 12.1 Å². The number of para-hydroxylation sites is 1. The van der Waals surface area contributed by atoms with Crippen molar-refractivity contribution in [3.05, 3.63) is 71.4 Å². The number of nitrogens with one attached hydrogen (secondary N) is 3. The van der Waals surface area contributed by atoms with Gasteiger partial charge in [0, 0.05) is 35.8 Å². The standard InChI is InChI=1S/C18H16F2N4O2/c1-24(10-11-6-7-12(19)8-15(11)20)18(26)23-22-17(25)14-9-21-16-5-3-2-4-13(14)16/h2-9,21H,10H2,1H3,(H,22,25)(H,23,26). The second kappa shape index (κ2) is 7.22. The van der Waals surface area contributed by atoms with Gasteiger partial charge in [-0.15, -0.1) is 0 Å². The molecule has 0 bridgehead atoms. The van der Waals surface area contributed by atoms with E-state index in [0.29, 0.717) is 5.56 Å². The fourth-order valence-corrected chi connectivity index (χ4v) is 2.51. The summed E-state index contributed by atoms with van der Waals surface area (Å²) in [4.78, 5) is 28.4. The first kappa shape index (κ1) is 17.4. The maximum Gasteiger partial charge on any atom is 0.336 e. The minimum Gasteiger partial charge on any atom is -0.360 e. The van der Waals surface area contributed by atoms with Gasteiger partial charge in [0.1, 0.15) is 11.6 Å². The topological polar surface area (TPSA) is 77.2 Å². The first-order chi connectivity index (χ1) is 12.5. The van der Waals surface area contributed by atoms with E-state index in [1.54, 1.807) is 18.3 Å². The smallest absolute Gasteiger partial charge is 0.336 e. The first-order valence-corrected chi connectivity index (χ1v) is 7.77. The van der Waals surface area contributed by atoms with Gasteiger partial charge >= 0.3 is 6.03 Å². The van der Waals surface area contributed by atoms with Crippen LogP contribution in [0.3, 0.4) is 0 Å². The molecule has 26 heavy (non-hydrogen) atoms. The monoisotopic (exact) mass is 358 g/mol. The summed E-state index contributed by atoms with van der Waals surface area (Å²) < 4.78 is 26.6. The molecule has 3 aromatic rings. The fourth-order valence-electron chi connectivity index (χ4n) is 2.51. The van der Waals surface area contributed by atoms with Gasteiger partial charge in [-0.1, -0.05) is 24.3 Å². The molecule has 6 nitrogen and oxygen atoms in total. The number of H-pyrrole nitrogens is 1. The Kier molecular flexibility index (Phi) is 4.83. The number of aromatic nitrogens is 1. The average molecular weight is 358 g/mol. The number of fused-ring (bicyclic) bond motifs is 1. The van der Waals surface area contributed by atoms with Crippen LogP contribution in [-0.2, 0) is 6.54 Å². The molecule has 3 amide bonds. The number of nitrogens with zero attached hydrogens (tertiary/aromatic N) is 1. The first-order valence-electron chi connectivity index (χ1n) is 7.77. The van der Waals surface area contributed by atoms with Crippen molar-refractivity contribution in [3.63, 3.8) is 0 Å². The molecule has 134 valence electrons. The van der Waals surface area contributed by atoms with Gasteiger partial charge < -0.3 is 9.88 Å². The number of amides is 3. The van der Waals surface area contributed by atoms with Gasteiger partial charge in [-0.3, -0.25) is 10.2 Å².